The van der Waals surface area contributed by atoms with Gasteiger partial charge in [0.1, 0.15) is 0 Å². The number of hydrogen-bond acceptors (Lipinski definition) is 2. The first-order valence-corrected chi connectivity index (χ1v) is 6.05. The molecule has 17 heavy (non-hydrogen) atoms. The summed E-state index contributed by atoms with van der Waals surface area (Å²) in [6, 6.07) is 7.98. The Hall–Kier alpha value is -1.77. The summed E-state index contributed by atoms with van der Waals surface area (Å²) in [6.07, 6.45) is 4.16. The number of allylic oxidation sites excluding steroid dienone is 1. The Labute approximate surface area is 101 Å². The van der Waals surface area contributed by atoms with E-state index in [4.69, 9.17) is 0 Å². The second kappa shape index (κ2) is 3.91. The van der Waals surface area contributed by atoms with Crippen molar-refractivity contribution in [1.29, 1.82) is 0 Å². The van der Waals surface area contributed by atoms with E-state index in [2.05, 4.69) is 23.3 Å². The first kappa shape index (κ1) is 10.4. The molecule has 3 nitrogen and oxygen atoms in total. The van der Waals surface area contributed by atoms with Gasteiger partial charge in [0, 0.05) is 31.4 Å². The number of nitrogens with one attached hydrogen (secondary N) is 1. The second-order valence-electron chi connectivity index (χ2n) is 4.74. The van der Waals surface area contributed by atoms with Gasteiger partial charge < -0.3 is 10.2 Å². The summed E-state index contributed by atoms with van der Waals surface area (Å²) >= 11 is 0. The van der Waals surface area contributed by atoms with E-state index in [1.807, 2.05) is 24.3 Å². The summed E-state index contributed by atoms with van der Waals surface area (Å²) < 4.78 is 0. The van der Waals surface area contributed by atoms with Crippen molar-refractivity contribution in [3.05, 3.63) is 41.6 Å². The maximum atomic E-state index is 12.0. The van der Waals surface area contributed by atoms with Crippen LogP contribution in [-0.2, 0) is 4.79 Å². The summed E-state index contributed by atoms with van der Waals surface area (Å²) in [6.45, 7) is 1.07. The molecule has 1 aromatic rings. The molecule has 3 rings (SSSR count). The molecular formula is C14H16N2O. The number of rotatable bonds is 2. The third-order valence-electron chi connectivity index (χ3n) is 3.66. The van der Waals surface area contributed by atoms with Gasteiger partial charge in [-0.05, 0) is 18.1 Å². The molecule has 1 amide bonds. The van der Waals surface area contributed by atoms with Crippen LogP contribution in [0.1, 0.15) is 24.3 Å². The van der Waals surface area contributed by atoms with Crippen LogP contribution in [0.25, 0.3) is 0 Å². The van der Waals surface area contributed by atoms with Gasteiger partial charge in [-0.1, -0.05) is 24.3 Å². The van der Waals surface area contributed by atoms with Crippen LogP contribution in [0.2, 0.25) is 0 Å². The predicted molar refractivity (Wildman–Crippen MR) is 67.8 cm³/mol. The highest BCUT2D eigenvalue weighted by molar-refractivity contribution is 6.03. The lowest BCUT2D eigenvalue weighted by atomic mass is 9.95. The Kier molecular flexibility index (Phi) is 2.39. The number of nitrogens with zero attached hydrogens (tertiary/aromatic N) is 1. The molecule has 0 bridgehead atoms. The molecular weight excluding hydrogens is 212 g/mol. The summed E-state index contributed by atoms with van der Waals surface area (Å²) in [5.41, 5.74) is 3.41. The average Bonchev–Trinajstić information content (AvgIpc) is 2.85. The minimum Gasteiger partial charge on any atom is -0.378 e. The van der Waals surface area contributed by atoms with Crippen molar-refractivity contribution in [2.75, 3.05) is 18.9 Å². The number of carbonyl (C=O) groups is 1. The fourth-order valence-electron chi connectivity index (χ4n) is 2.65. The van der Waals surface area contributed by atoms with Gasteiger partial charge in [0.15, 0.2) is 0 Å². The summed E-state index contributed by atoms with van der Waals surface area (Å²) in [5.74, 6) is 0.116. The van der Waals surface area contributed by atoms with Crippen LogP contribution in [-0.4, -0.2) is 24.4 Å². The molecule has 2 aliphatic heterocycles. The number of hydrogen-bond donors (Lipinski definition) is 1. The van der Waals surface area contributed by atoms with Crippen LogP contribution in [0, 0.1) is 0 Å². The van der Waals surface area contributed by atoms with E-state index in [0.29, 0.717) is 0 Å². The zero-order valence-corrected chi connectivity index (χ0v) is 9.94. The van der Waals surface area contributed by atoms with Crippen molar-refractivity contribution >= 4 is 11.6 Å². The van der Waals surface area contributed by atoms with Crippen LogP contribution >= 0.6 is 0 Å². The number of benzene rings is 1. The van der Waals surface area contributed by atoms with Gasteiger partial charge in [-0.2, -0.15) is 0 Å². The van der Waals surface area contributed by atoms with Gasteiger partial charge in [-0.25, -0.2) is 0 Å². The standard InChI is InChI=1S/C14H16N2O/c1-16-8-4-5-10(16)9-12-11-6-2-3-7-13(11)15-14(12)17/h2-3,5-7,12H,4,8-9H2,1H3,(H,15,17). The fraction of sp³-hybridized carbons (Fsp3) is 0.357. The Balaban J connectivity index is 1.86. The van der Waals surface area contributed by atoms with Gasteiger partial charge in [-0.3, -0.25) is 4.79 Å². The van der Waals surface area contributed by atoms with Crippen molar-refractivity contribution in [2.24, 2.45) is 0 Å². The van der Waals surface area contributed by atoms with Crippen LogP contribution < -0.4 is 5.32 Å². The van der Waals surface area contributed by atoms with Crippen molar-refractivity contribution in [1.82, 2.24) is 4.90 Å². The molecule has 0 saturated heterocycles. The van der Waals surface area contributed by atoms with Crippen molar-refractivity contribution < 1.29 is 4.79 Å². The van der Waals surface area contributed by atoms with Crippen LogP contribution in [0.5, 0.6) is 0 Å². The molecule has 0 aliphatic carbocycles. The first-order chi connectivity index (χ1) is 8.25. The molecule has 1 N–H and O–H groups in total. The predicted octanol–water partition coefficient (Wildman–Crippen LogP) is 2.33. The average molecular weight is 228 g/mol. The van der Waals surface area contributed by atoms with Gasteiger partial charge in [0.25, 0.3) is 0 Å². The molecule has 2 heterocycles. The first-order valence-electron chi connectivity index (χ1n) is 6.05. The minimum atomic E-state index is -0.0157. The monoisotopic (exact) mass is 228 g/mol. The third kappa shape index (κ3) is 1.71. The van der Waals surface area contributed by atoms with Crippen molar-refractivity contribution in [2.45, 2.75) is 18.8 Å². The molecule has 88 valence electrons. The van der Waals surface area contributed by atoms with Crippen molar-refractivity contribution in [3.8, 4) is 0 Å². The molecule has 1 atom stereocenters. The molecule has 0 radical (unpaired) electrons. The lowest BCUT2D eigenvalue weighted by Gasteiger charge is -2.18. The van der Waals surface area contributed by atoms with Crippen LogP contribution in [0.15, 0.2) is 36.0 Å². The van der Waals surface area contributed by atoms with Gasteiger partial charge in [0.2, 0.25) is 5.91 Å². The van der Waals surface area contributed by atoms with E-state index in [0.717, 1.165) is 30.6 Å². The Bertz CT molecular complexity index is 493. The minimum absolute atomic E-state index is 0.0157. The van der Waals surface area contributed by atoms with E-state index in [-0.39, 0.29) is 11.8 Å². The Morgan fingerprint density at radius 3 is 3.00 bits per heavy atom. The van der Waals surface area contributed by atoms with Crippen LogP contribution in [0.4, 0.5) is 5.69 Å². The molecule has 1 aromatic carbocycles. The molecule has 0 spiro atoms. The topological polar surface area (TPSA) is 32.3 Å². The van der Waals surface area contributed by atoms with E-state index < -0.39 is 0 Å². The molecule has 0 fully saturated rings. The third-order valence-corrected chi connectivity index (χ3v) is 3.66. The van der Waals surface area contributed by atoms with Gasteiger partial charge in [0.05, 0.1) is 5.92 Å². The SMILES string of the molecule is CN1CCC=C1CC1C(=O)Nc2ccccc21. The maximum Gasteiger partial charge on any atom is 0.232 e. The molecule has 1 unspecified atom stereocenters. The largest absolute Gasteiger partial charge is 0.378 e. The number of carbonyl (C=O) groups excluding carboxylic acids is 1. The van der Waals surface area contributed by atoms with Gasteiger partial charge in [-0.15, -0.1) is 0 Å². The maximum absolute atomic E-state index is 12.0. The zero-order chi connectivity index (χ0) is 11.8. The second-order valence-corrected chi connectivity index (χ2v) is 4.74. The summed E-state index contributed by atoms with van der Waals surface area (Å²) in [7, 11) is 2.09. The molecule has 3 heteroatoms. The number of fused-ring (bicyclic) bond motifs is 1. The van der Waals surface area contributed by atoms with Gasteiger partial charge >= 0.3 is 0 Å². The molecule has 0 aromatic heterocycles. The van der Waals surface area contributed by atoms with Crippen LogP contribution in [0.3, 0.4) is 0 Å². The lowest BCUT2D eigenvalue weighted by Crippen LogP contribution is -2.18. The smallest absolute Gasteiger partial charge is 0.232 e. The summed E-state index contributed by atoms with van der Waals surface area (Å²) in [5, 5.41) is 2.95. The lowest BCUT2D eigenvalue weighted by molar-refractivity contribution is -0.117. The Morgan fingerprint density at radius 2 is 2.24 bits per heavy atom. The fourth-order valence-corrected chi connectivity index (χ4v) is 2.65. The van der Waals surface area contributed by atoms with E-state index in [9.17, 15) is 4.79 Å². The summed E-state index contributed by atoms with van der Waals surface area (Å²) in [4.78, 5) is 14.2. The number of amides is 1. The molecule has 2 aliphatic rings. The number of para-hydroxylation sites is 1. The highest BCUT2D eigenvalue weighted by Gasteiger charge is 2.31. The van der Waals surface area contributed by atoms with E-state index in [1.165, 1.54) is 5.70 Å². The quantitative estimate of drug-likeness (QED) is 0.842. The number of anilines is 1. The normalized spacial score (nSPS) is 22.4. The van der Waals surface area contributed by atoms with E-state index >= 15 is 0 Å². The Morgan fingerprint density at radius 1 is 1.41 bits per heavy atom. The van der Waals surface area contributed by atoms with Crippen molar-refractivity contribution in [3.63, 3.8) is 0 Å². The van der Waals surface area contributed by atoms with E-state index in [1.54, 1.807) is 0 Å². The highest BCUT2D eigenvalue weighted by Crippen LogP contribution is 2.37. The molecule has 0 saturated carbocycles. The zero-order valence-electron chi connectivity index (χ0n) is 9.94. The highest BCUT2D eigenvalue weighted by atomic mass is 16.2.